The van der Waals surface area contributed by atoms with E-state index in [1.807, 2.05) is 18.2 Å². The zero-order valence-electron chi connectivity index (χ0n) is 16.6. The van der Waals surface area contributed by atoms with Crippen LogP contribution in [0.25, 0.3) is 0 Å². The van der Waals surface area contributed by atoms with Crippen LogP contribution in [0.3, 0.4) is 0 Å². The second kappa shape index (κ2) is 10.7. The molecule has 0 aromatic heterocycles. The highest BCUT2D eigenvalue weighted by Gasteiger charge is 2.29. The van der Waals surface area contributed by atoms with Gasteiger partial charge >= 0.3 is 6.18 Å². The first kappa shape index (κ1) is 22.6. The van der Waals surface area contributed by atoms with Crippen LogP contribution in [0.15, 0.2) is 48.5 Å². The first-order chi connectivity index (χ1) is 13.8. The quantitative estimate of drug-likeness (QED) is 0.609. The SMILES string of the molecule is COc1cc(CCC(=O)NCCC(C)c2ccccc2)ccc1OCC(F)(F)F. The summed E-state index contributed by atoms with van der Waals surface area (Å²) in [5.74, 6) is 0.517. The van der Waals surface area contributed by atoms with Gasteiger partial charge in [-0.2, -0.15) is 13.2 Å². The maximum atomic E-state index is 12.3. The second-order valence-corrected chi connectivity index (χ2v) is 6.84. The van der Waals surface area contributed by atoms with E-state index in [-0.39, 0.29) is 23.8 Å². The number of benzene rings is 2. The van der Waals surface area contributed by atoms with Gasteiger partial charge in [0, 0.05) is 13.0 Å². The minimum absolute atomic E-state index is 0.0212. The number of halogens is 3. The molecule has 0 bridgehead atoms. The monoisotopic (exact) mass is 409 g/mol. The van der Waals surface area contributed by atoms with E-state index in [0.717, 1.165) is 12.0 Å². The molecule has 0 aliphatic rings. The van der Waals surface area contributed by atoms with Crippen molar-refractivity contribution in [2.75, 3.05) is 20.3 Å². The summed E-state index contributed by atoms with van der Waals surface area (Å²) in [5.41, 5.74) is 2.02. The average Bonchev–Trinajstić information content (AvgIpc) is 2.70. The zero-order valence-corrected chi connectivity index (χ0v) is 16.6. The fraction of sp³-hybridized carbons (Fsp3) is 0.409. The van der Waals surface area contributed by atoms with Gasteiger partial charge in [0.25, 0.3) is 0 Å². The highest BCUT2D eigenvalue weighted by Crippen LogP contribution is 2.30. The van der Waals surface area contributed by atoms with Crippen LogP contribution >= 0.6 is 0 Å². The van der Waals surface area contributed by atoms with Gasteiger partial charge < -0.3 is 14.8 Å². The first-order valence-electron chi connectivity index (χ1n) is 9.46. The van der Waals surface area contributed by atoms with E-state index in [1.54, 1.807) is 12.1 Å². The van der Waals surface area contributed by atoms with Crippen molar-refractivity contribution in [2.24, 2.45) is 0 Å². The van der Waals surface area contributed by atoms with Crippen molar-refractivity contribution in [3.63, 3.8) is 0 Å². The van der Waals surface area contributed by atoms with Gasteiger partial charge in [0.2, 0.25) is 5.91 Å². The van der Waals surface area contributed by atoms with Crippen molar-refractivity contribution in [3.8, 4) is 11.5 Å². The van der Waals surface area contributed by atoms with Crippen molar-refractivity contribution in [1.29, 1.82) is 0 Å². The number of alkyl halides is 3. The molecule has 1 N–H and O–H groups in total. The Hall–Kier alpha value is -2.70. The summed E-state index contributed by atoms with van der Waals surface area (Å²) in [4.78, 5) is 12.1. The van der Waals surface area contributed by atoms with Gasteiger partial charge in [0.05, 0.1) is 7.11 Å². The average molecular weight is 409 g/mol. The maximum Gasteiger partial charge on any atom is 0.422 e. The Morgan fingerprint density at radius 2 is 1.83 bits per heavy atom. The molecule has 2 rings (SSSR count). The van der Waals surface area contributed by atoms with Crippen LogP contribution in [-0.2, 0) is 11.2 Å². The topological polar surface area (TPSA) is 47.6 Å². The molecule has 4 nitrogen and oxygen atoms in total. The van der Waals surface area contributed by atoms with Gasteiger partial charge in [-0.05, 0) is 42.0 Å². The van der Waals surface area contributed by atoms with E-state index in [0.29, 0.717) is 18.9 Å². The van der Waals surface area contributed by atoms with Crippen LogP contribution in [0.1, 0.15) is 36.8 Å². The fourth-order valence-electron chi connectivity index (χ4n) is 2.87. The predicted octanol–water partition coefficient (Wildman–Crippen LogP) is 4.88. The Morgan fingerprint density at radius 1 is 1.10 bits per heavy atom. The Morgan fingerprint density at radius 3 is 2.48 bits per heavy atom. The lowest BCUT2D eigenvalue weighted by molar-refractivity contribution is -0.153. The minimum Gasteiger partial charge on any atom is -0.493 e. The molecule has 2 aromatic rings. The number of carbonyl (C=O) groups excluding carboxylic acids is 1. The summed E-state index contributed by atoms with van der Waals surface area (Å²) >= 11 is 0. The van der Waals surface area contributed by atoms with Gasteiger partial charge in [0.1, 0.15) is 0 Å². The molecule has 0 heterocycles. The molecule has 0 radical (unpaired) electrons. The summed E-state index contributed by atoms with van der Waals surface area (Å²) in [7, 11) is 1.36. The van der Waals surface area contributed by atoms with Crippen LogP contribution in [-0.4, -0.2) is 32.3 Å². The number of rotatable bonds is 10. The molecule has 0 aliphatic carbocycles. The third-order valence-electron chi connectivity index (χ3n) is 4.53. The highest BCUT2D eigenvalue weighted by atomic mass is 19.4. The molecule has 0 saturated heterocycles. The van der Waals surface area contributed by atoms with Crippen LogP contribution in [0, 0.1) is 0 Å². The molecule has 1 amide bonds. The number of hydrogen-bond acceptors (Lipinski definition) is 3. The third kappa shape index (κ3) is 8.05. The third-order valence-corrected chi connectivity index (χ3v) is 4.53. The van der Waals surface area contributed by atoms with Gasteiger partial charge in [-0.3, -0.25) is 4.79 Å². The van der Waals surface area contributed by atoms with Crippen LogP contribution in [0.4, 0.5) is 13.2 Å². The summed E-state index contributed by atoms with van der Waals surface area (Å²) in [6.45, 7) is 1.32. The number of methoxy groups -OCH3 is 1. The zero-order chi connectivity index (χ0) is 21.3. The minimum atomic E-state index is -4.42. The normalized spacial score (nSPS) is 12.3. The van der Waals surface area contributed by atoms with E-state index in [2.05, 4.69) is 24.4 Å². The van der Waals surface area contributed by atoms with Gasteiger partial charge in [-0.15, -0.1) is 0 Å². The summed E-state index contributed by atoms with van der Waals surface area (Å²) in [6, 6.07) is 14.8. The fourth-order valence-corrected chi connectivity index (χ4v) is 2.87. The number of carbonyl (C=O) groups is 1. The van der Waals surface area contributed by atoms with E-state index in [9.17, 15) is 18.0 Å². The summed E-state index contributed by atoms with van der Waals surface area (Å²) in [6.07, 6.45) is -2.84. The van der Waals surface area contributed by atoms with E-state index in [1.165, 1.54) is 18.7 Å². The van der Waals surface area contributed by atoms with Crippen molar-refractivity contribution in [1.82, 2.24) is 5.32 Å². The maximum absolute atomic E-state index is 12.3. The molecule has 7 heteroatoms. The first-order valence-corrected chi connectivity index (χ1v) is 9.46. The Balaban J connectivity index is 1.77. The molecule has 2 aromatic carbocycles. The summed E-state index contributed by atoms with van der Waals surface area (Å²) in [5, 5.41) is 2.91. The molecular weight excluding hydrogens is 383 g/mol. The lowest BCUT2D eigenvalue weighted by atomic mass is 9.98. The lowest BCUT2D eigenvalue weighted by Crippen LogP contribution is -2.25. The number of nitrogens with one attached hydrogen (secondary N) is 1. The van der Waals surface area contributed by atoms with E-state index >= 15 is 0 Å². The number of hydrogen-bond donors (Lipinski definition) is 1. The van der Waals surface area contributed by atoms with Crippen molar-refractivity contribution in [3.05, 3.63) is 59.7 Å². The van der Waals surface area contributed by atoms with Crippen molar-refractivity contribution < 1.29 is 27.4 Å². The molecule has 1 atom stereocenters. The van der Waals surface area contributed by atoms with Gasteiger partial charge in [-0.1, -0.05) is 43.3 Å². The van der Waals surface area contributed by atoms with Crippen molar-refractivity contribution in [2.45, 2.75) is 38.3 Å². The standard InChI is InChI=1S/C22H26F3NO3/c1-16(18-6-4-3-5-7-18)12-13-26-21(27)11-9-17-8-10-19(20(14-17)28-2)29-15-22(23,24)25/h3-8,10,14,16H,9,11-13,15H2,1-2H3,(H,26,27). The second-order valence-electron chi connectivity index (χ2n) is 6.84. The molecular formula is C22H26F3NO3. The molecule has 0 aliphatic heterocycles. The lowest BCUT2D eigenvalue weighted by Gasteiger charge is -2.14. The Labute approximate surface area is 169 Å². The molecule has 0 saturated carbocycles. The molecule has 1 unspecified atom stereocenters. The van der Waals surface area contributed by atoms with E-state index < -0.39 is 12.8 Å². The largest absolute Gasteiger partial charge is 0.493 e. The molecule has 0 fully saturated rings. The van der Waals surface area contributed by atoms with E-state index in [4.69, 9.17) is 9.47 Å². The number of amides is 1. The van der Waals surface area contributed by atoms with Crippen LogP contribution in [0.5, 0.6) is 11.5 Å². The van der Waals surface area contributed by atoms with Crippen LogP contribution in [0.2, 0.25) is 0 Å². The predicted molar refractivity (Wildman–Crippen MR) is 105 cm³/mol. The number of ether oxygens (including phenoxy) is 2. The number of aryl methyl sites for hydroxylation is 1. The molecule has 29 heavy (non-hydrogen) atoms. The van der Waals surface area contributed by atoms with Crippen molar-refractivity contribution >= 4 is 5.91 Å². The summed E-state index contributed by atoms with van der Waals surface area (Å²) < 4.78 is 46.8. The van der Waals surface area contributed by atoms with Gasteiger partial charge in [-0.25, -0.2) is 0 Å². The van der Waals surface area contributed by atoms with Gasteiger partial charge in [0.15, 0.2) is 18.1 Å². The van der Waals surface area contributed by atoms with Crippen LogP contribution < -0.4 is 14.8 Å². The Kier molecular flexibility index (Phi) is 8.36. The Bertz CT molecular complexity index is 779. The molecule has 158 valence electrons. The highest BCUT2D eigenvalue weighted by molar-refractivity contribution is 5.76. The molecule has 0 spiro atoms. The smallest absolute Gasteiger partial charge is 0.422 e.